The second-order valence-corrected chi connectivity index (χ2v) is 3.94. The number of carbonyl (C=O) groups is 2. The average Bonchev–Trinajstić information content (AvgIpc) is 2.80. The first-order valence-corrected chi connectivity index (χ1v) is 5.38. The van der Waals surface area contributed by atoms with Crippen molar-refractivity contribution in [3.63, 3.8) is 0 Å². The molecule has 0 aliphatic carbocycles. The van der Waals surface area contributed by atoms with Crippen LogP contribution in [0.15, 0.2) is 23.5 Å². The molecule has 1 unspecified atom stereocenters. The van der Waals surface area contributed by atoms with Crippen molar-refractivity contribution in [1.82, 2.24) is 5.06 Å². The summed E-state index contributed by atoms with van der Waals surface area (Å²) in [5.74, 6) is -1.15. The number of likely N-dealkylation sites (N-methyl/N-ethyl adjacent to an activating group) is 1. The van der Waals surface area contributed by atoms with E-state index in [4.69, 9.17) is 9.57 Å². The van der Waals surface area contributed by atoms with Crippen LogP contribution >= 0.6 is 0 Å². The van der Waals surface area contributed by atoms with E-state index in [9.17, 15) is 9.59 Å². The van der Waals surface area contributed by atoms with Gasteiger partial charge in [0.1, 0.15) is 6.10 Å². The normalized spacial score (nSPS) is 18.3. The largest absolute Gasteiger partial charge is 0.479 e. The van der Waals surface area contributed by atoms with Crippen molar-refractivity contribution in [1.29, 1.82) is 0 Å². The van der Waals surface area contributed by atoms with E-state index in [-0.39, 0.29) is 23.9 Å². The maximum Gasteiger partial charge on any atom is 0.337 e. The van der Waals surface area contributed by atoms with Gasteiger partial charge >= 0.3 is 11.9 Å². The first-order chi connectivity index (χ1) is 8.42. The standard InChI is InChI=1S/C12H17NO5/c1-7(2)9-6-8(12(15)16-4)10(18-9)11(14)13(3)17-5/h9H,1,6H2,2-5H3. The van der Waals surface area contributed by atoms with Gasteiger partial charge in [0.25, 0.3) is 0 Å². The molecule has 0 spiro atoms. The zero-order valence-corrected chi connectivity index (χ0v) is 11.0. The number of hydrogen-bond acceptors (Lipinski definition) is 5. The summed E-state index contributed by atoms with van der Waals surface area (Å²) >= 11 is 0. The Morgan fingerprint density at radius 2 is 2.06 bits per heavy atom. The number of hydrogen-bond donors (Lipinski definition) is 0. The number of rotatable bonds is 4. The zero-order chi connectivity index (χ0) is 13.9. The molecule has 0 fully saturated rings. The highest BCUT2D eigenvalue weighted by atomic mass is 16.7. The van der Waals surface area contributed by atoms with Crippen LogP contribution in [-0.4, -0.2) is 44.3 Å². The third-order valence-electron chi connectivity index (χ3n) is 2.66. The number of nitrogens with zero attached hydrogens (tertiary/aromatic N) is 1. The van der Waals surface area contributed by atoms with Gasteiger partial charge in [-0.25, -0.2) is 9.86 Å². The SMILES string of the molecule is C=C(C)C1CC(C(=O)OC)=C(C(=O)N(C)OC)O1. The molecule has 18 heavy (non-hydrogen) atoms. The molecule has 0 aromatic rings. The second-order valence-electron chi connectivity index (χ2n) is 3.94. The zero-order valence-electron chi connectivity index (χ0n) is 11.0. The van der Waals surface area contributed by atoms with Crippen LogP contribution in [0.4, 0.5) is 0 Å². The van der Waals surface area contributed by atoms with Crippen LogP contribution < -0.4 is 0 Å². The molecule has 1 aliphatic rings. The Morgan fingerprint density at radius 1 is 1.44 bits per heavy atom. The molecule has 1 atom stereocenters. The van der Waals surface area contributed by atoms with Crippen molar-refractivity contribution in [2.75, 3.05) is 21.3 Å². The number of esters is 1. The molecule has 1 heterocycles. The first-order valence-electron chi connectivity index (χ1n) is 5.38. The molecule has 0 bridgehead atoms. The monoisotopic (exact) mass is 255 g/mol. The lowest BCUT2D eigenvalue weighted by Gasteiger charge is -2.16. The molecular weight excluding hydrogens is 238 g/mol. The van der Waals surface area contributed by atoms with E-state index in [2.05, 4.69) is 11.3 Å². The summed E-state index contributed by atoms with van der Waals surface area (Å²) in [5.41, 5.74) is 0.943. The Labute approximate surface area is 106 Å². The van der Waals surface area contributed by atoms with Gasteiger partial charge in [-0.15, -0.1) is 0 Å². The highest BCUT2D eigenvalue weighted by Gasteiger charge is 2.36. The minimum absolute atomic E-state index is 0.0424. The van der Waals surface area contributed by atoms with E-state index in [1.165, 1.54) is 21.3 Å². The molecule has 1 aliphatic heterocycles. The van der Waals surface area contributed by atoms with E-state index >= 15 is 0 Å². The minimum atomic E-state index is -0.577. The van der Waals surface area contributed by atoms with E-state index in [1.54, 1.807) is 6.92 Å². The summed E-state index contributed by atoms with van der Waals surface area (Å²) in [6, 6.07) is 0. The van der Waals surface area contributed by atoms with Gasteiger partial charge in [-0.3, -0.25) is 9.63 Å². The predicted molar refractivity (Wildman–Crippen MR) is 63.1 cm³/mol. The number of ether oxygens (including phenoxy) is 2. The quantitative estimate of drug-likeness (QED) is 0.422. The number of methoxy groups -OCH3 is 1. The summed E-state index contributed by atoms with van der Waals surface area (Å²) in [5, 5.41) is 0.985. The Kier molecular flexibility index (Phi) is 4.49. The van der Waals surface area contributed by atoms with Gasteiger partial charge in [-0.05, 0) is 12.5 Å². The molecule has 100 valence electrons. The molecule has 0 aromatic carbocycles. The third kappa shape index (κ3) is 2.70. The topological polar surface area (TPSA) is 65.1 Å². The molecule has 0 N–H and O–H groups in total. The maximum absolute atomic E-state index is 12.0. The highest BCUT2D eigenvalue weighted by Crippen LogP contribution is 2.30. The Hall–Kier alpha value is -1.82. The molecule has 6 nitrogen and oxygen atoms in total. The summed E-state index contributed by atoms with van der Waals surface area (Å²) in [7, 11) is 4.04. The molecule has 0 radical (unpaired) electrons. The second kappa shape index (κ2) is 5.68. The van der Waals surface area contributed by atoms with Crippen LogP contribution in [0.25, 0.3) is 0 Å². The van der Waals surface area contributed by atoms with Crippen molar-refractivity contribution in [2.24, 2.45) is 0 Å². The Morgan fingerprint density at radius 3 is 2.50 bits per heavy atom. The number of carbonyl (C=O) groups excluding carboxylic acids is 2. The molecule has 1 rings (SSSR count). The lowest BCUT2D eigenvalue weighted by molar-refractivity contribution is -0.168. The smallest absolute Gasteiger partial charge is 0.337 e. The van der Waals surface area contributed by atoms with Crippen molar-refractivity contribution >= 4 is 11.9 Å². The summed E-state index contributed by atoms with van der Waals surface area (Å²) < 4.78 is 10.1. The first kappa shape index (κ1) is 14.2. The van der Waals surface area contributed by atoms with Crippen molar-refractivity contribution in [2.45, 2.75) is 19.4 Å². The molecule has 1 amide bonds. The van der Waals surface area contributed by atoms with Crippen LogP contribution in [0.2, 0.25) is 0 Å². The van der Waals surface area contributed by atoms with Crippen molar-refractivity contribution in [3.05, 3.63) is 23.5 Å². The van der Waals surface area contributed by atoms with Gasteiger partial charge in [-0.2, -0.15) is 0 Å². The fraction of sp³-hybridized carbons (Fsp3) is 0.500. The fourth-order valence-corrected chi connectivity index (χ4v) is 1.51. The average molecular weight is 255 g/mol. The van der Waals surface area contributed by atoms with E-state index in [0.29, 0.717) is 0 Å². The van der Waals surface area contributed by atoms with Crippen molar-refractivity contribution in [3.8, 4) is 0 Å². The molecule has 0 saturated carbocycles. The molecule has 6 heteroatoms. The molecule has 0 saturated heterocycles. The van der Waals surface area contributed by atoms with E-state index in [0.717, 1.165) is 10.6 Å². The van der Waals surface area contributed by atoms with Gasteiger partial charge in [0.2, 0.25) is 0 Å². The third-order valence-corrected chi connectivity index (χ3v) is 2.66. The summed E-state index contributed by atoms with van der Waals surface area (Å²) in [4.78, 5) is 28.3. The van der Waals surface area contributed by atoms with Gasteiger partial charge < -0.3 is 9.47 Å². The Balaban J connectivity index is 3.04. The summed E-state index contributed by atoms with van der Waals surface area (Å²) in [6.45, 7) is 5.53. The Bertz CT molecular complexity index is 413. The van der Waals surface area contributed by atoms with E-state index in [1.807, 2.05) is 0 Å². The molecule has 0 aromatic heterocycles. The number of amides is 1. The predicted octanol–water partition coefficient (Wildman–Crippen LogP) is 0.798. The lowest BCUT2D eigenvalue weighted by Crippen LogP contribution is -2.28. The minimum Gasteiger partial charge on any atom is -0.479 e. The maximum atomic E-state index is 12.0. The van der Waals surface area contributed by atoms with Gasteiger partial charge in [0.05, 0.1) is 19.8 Å². The van der Waals surface area contributed by atoms with Gasteiger partial charge in [0.15, 0.2) is 5.76 Å². The van der Waals surface area contributed by atoms with Gasteiger partial charge in [0, 0.05) is 13.5 Å². The van der Waals surface area contributed by atoms with Crippen molar-refractivity contribution < 1.29 is 23.9 Å². The van der Waals surface area contributed by atoms with Crippen LogP contribution in [0.1, 0.15) is 13.3 Å². The van der Waals surface area contributed by atoms with Crippen LogP contribution in [0, 0.1) is 0 Å². The van der Waals surface area contributed by atoms with Crippen LogP contribution in [0.5, 0.6) is 0 Å². The van der Waals surface area contributed by atoms with Crippen LogP contribution in [-0.2, 0) is 23.9 Å². The van der Waals surface area contributed by atoms with Gasteiger partial charge in [-0.1, -0.05) is 6.58 Å². The fourth-order valence-electron chi connectivity index (χ4n) is 1.51. The lowest BCUT2D eigenvalue weighted by atomic mass is 10.1. The molecular formula is C12H17NO5. The number of hydroxylamine groups is 2. The van der Waals surface area contributed by atoms with E-state index < -0.39 is 11.9 Å². The van der Waals surface area contributed by atoms with Crippen LogP contribution in [0.3, 0.4) is 0 Å². The highest BCUT2D eigenvalue weighted by molar-refractivity contribution is 6.01. The summed E-state index contributed by atoms with van der Waals surface area (Å²) in [6.07, 6.45) is -0.107.